The summed E-state index contributed by atoms with van der Waals surface area (Å²) < 4.78 is 5.09. The number of nitrogens with zero attached hydrogens (tertiary/aromatic N) is 2. The first-order valence-corrected chi connectivity index (χ1v) is 6.11. The SMILES string of the molecule is CCOc1n[nH]c(NC(=O)c2cccc(C)c2Cl)n1. The molecule has 0 fully saturated rings. The second kappa shape index (κ2) is 5.71. The highest BCUT2D eigenvalue weighted by molar-refractivity contribution is 6.35. The number of halogens is 1. The molecule has 19 heavy (non-hydrogen) atoms. The quantitative estimate of drug-likeness (QED) is 0.901. The van der Waals surface area contributed by atoms with Crippen LogP contribution in [0.5, 0.6) is 6.01 Å². The summed E-state index contributed by atoms with van der Waals surface area (Å²) in [7, 11) is 0. The minimum atomic E-state index is -0.354. The van der Waals surface area contributed by atoms with Gasteiger partial charge in [-0.25, -0.2) is 5.10 Å². The number of carbonyl (C=O) groups is 1. The van der Waals surface area contributed by atoms with Crippen molar-refractivity contribution in [1.82, 2.24) is 15.2 Å². The number of nitrogens with one attached hydrogen (secondary N) is 2. The minimum Gasteiger partial charge on any atom is -0.463 e. The molecule has 0 spiro atoms. The molecule has 1 aromatic carbocycles. The first-order chi connectivity index (χ1) is 9.11. The highest BCUT2D eigenvalue weighted by atomic mass is 35.5. The number of hydrogen-bond donors (Lipinski definition) is 2. The van der Waals surface area contributed by atoms with Gasteiger partial charge in [0.15, 0.2) is 0 Å². The fraction of sp³-hybridized carbons (Fsp3) is 0.250. The van der Waals surface area contributed by atoms with E-state index < -0.39 is 0 Å². The van der Waals surface area contributed by atoms with Gasteiger partial charge in [0.25, 0.3) is 5.91 Å². The van der Waals surface area contributed by atoms with Gasteiger partial charge in [-0.3, -0.25) is 10.1 Å². The summed E-state index contributed by atoms with van der Waals surface area (Å²) >= 11 is 6.08. The lowest BCUT2D eigenvalue weighted by molar-refractivity contribution is 0.102. The number of H-pyrrole nitrogens is 1. The molecule has 6 nitrogen and oxygen atoms in total. The number of aromatic nitrogens is 3. The van der Waals surface area contributed by atoms with E-state index in [0.717, 1.165) is 5.56 Å². The van der Waals surface area contributed by atoms with Crippen molar-refractivity contribution in [2.45, 2.75) is 13.8 Å². The summed E-state index contributed by atoms with van der Waals surface area (Å²) in [6.45, 7) is 4.11. The number of amides is 1. The molecular weight excluding hydrogens is 268 g/mol. The summed E-state index contributed by atoms with van der Waals surface area (Å²) in [4.78, 5) is 16.0. The van der Waals surface area contributed by atoms with Crippen LogP contribution < -0.4 is 10.1 Å². The van der Waals surface area contributed by atoms with Crippen LogP contribution in [-0.2, 0) is 0 Å². The average Bonchev–Trinajstić information content (AvgIpc) is 2.80. The Morgan fingerprint density at radius 2 is 2.32 bits per heavy atom. The van der Waals surface area contributed by atoms with E-state index in [1.165, 1.54) is 0 Å². The van der Waals surface area contributed by atoms with Gasteiger partial charge >= 0.3 is 6.01 Å². The fourth-order valence-corrected chi connectivity index (χ4v) is 1.71. The van der Waals surface area contributed by atoms with Crippen LogP contribution in [0.1, 0.15) is 22.8 Å². The lowest BCUT2D eigenvalue weighted by Crippen LogP contribution is -2.13. The number of aryl methyl sites for hydroxylation is 1. The molecular formula is C12H13ClN4O2. The van der Waals surface area contributed by atoms with E-state index in [2.05, 4.69) is 20.5 Å². The van der Waals surface area contributed by atoms with Crippen molar-refractivity contribution in [3.8, 4) is 6.01 Å². The number of ether oxygens (including phenoxy) is 1. The predicted molar refractivity (Wildman–Crippen MR) is 71.7 cm³/mol. The highest BCUT2D eigenvalue weighted by Gasteiger charge is 2.14. The Bertz CT molecular complexity index is 597. The van der Waals surface area contributed by atoms with Crippen LogP contribution in [0.25, 0.3) is 0 Å². The smallest absolute Gasteiger partial charge is 0.337 e. The summed E-state index contributed by atoms with van der Waals surface area (Å²) in [6.07, 6.45) is 0. The van der Waals surface area contributed by atoms with E-state index in [0.29, 0.717) is 17.2 Å². The van der Waals surface area contributed by atoms with Gasteiger partial charge in [-0.05, 0) is 25.5 Å². The van der Waals surface area contributed by atoms with Crippen molar-refractivity contribution in [2.75, 3.05) is 11.9 Å². The Kier molecular flexibility index (Phi) is 4.01. The summed E-state index contributed by atoms with van der Waals surface area (Å²) in [5, 5.41) is 9.34. The van der Waals surface area contributed by atoms with E-state index >= 15 is 0 Å². The Hall–Kier alpha value is -2.08. The molecule has 0 aliphatic carbocycles. The molecule has 0 aliphatic heterocycles. The molecule has 1 aromatic heterocycles. The molecule has 2 rings (SSSR count). The van der Waals surface area contributed by atoms with Crippen LogP contribution in [0.3, 0.4) is 0 Å². The maximum atomic E-state index is 12.0. The number of benzene rings is 1. The summed E-state index contributed by atoms with van der Waals surface area (Å²) in [5.74, 6) is -0.140. The first-order valence-electron chi connectivity index (χ1n) is 5.73. The van der Waals surface area contributed by atoms with E-state index in [9.17, 15) is 4.79 Å². The lowest BCUT2D eigenvalue weighted by atomic mass is 10.1. The topological polar surface area (TPSA) is 79.9 Å². The molecule has 1 amide bonds. The van der Waals surface area contributed by atoms with Gasteiger partial charge in [0.2, 0.25) is 5.95 Å². The zero-order valence-corrected chi connectivity index (χ0v) is 11.3. The van der Waals surface area contributed by atoms with Crippen LogP contribution in [0.2, 0.25) is 5.02 Å². The van der Waals surface area contributed by atoms with Gasteiger partial charge in [-0.2, -0.15) is 4.98 Å². The Balaban J connectivity index is 2.14. The molecule has 0 bridgehead atoms. The second-order valence-electron chi connectivity index (χ2n) is 3.79. The standard InChI is InChI=1S/C12H13ClN4O2/c1-3-19-12-15-11(16-17-12)14-10(18)8-6-4-5-7(2)9(8)13/h4-6H,3H2,1-2H3,(H2,14,15,16,17,18). The fourth-order valence-electron chi connectivity index (χ4n) is 1.49. The number of hydrogen-bond acceptors (Lipinski definition) is 4. The Labute approximate surface area is 115 Å². The molecule has 0 saturated carbocycles. The molecule has 0 saturated heterocycles. The van der Waals surface area contributed by atoms with Gasteiger partial charge < -0.3 is 4.74 Å². The van der Waals surface area contributed by atoms with Crippen LogP contribution >= 0.6 is 11.6 Å². The molecule has 0 radical (unpaired) electrons. The van der Waals surface area contributed by atoms with Gasteiger partial charge in [-0.15, -0.1) is 5.10 Å². The summed E-state index contributed by atoms with van der Waals surface area (Å²) in [5.41, 5.74) is 1.22. The van der Waals surface area contributed by atoms with Crippen molar-refractivity contribution in [3.05, 3.63) is 34.3 Å². The maximum Gasteiger partial charge on any atom is 0.337 e. The van der Waals surface area contributed by atoms with Crippen molar-refractivity contribution in [1.29, 1.82) is 0 Å². The number of anilines is 1. The van der Waals surface area contributed by atoms with Crippen LogP contribution in [0.4, 0.5) is 5.95 Å². The highest BCUT2D eigenvalue weighted by Crippen LogP contribution is 2.21. The van der Waals surface area contributed by atoms with Crippen molar-refractivity contribution in [3.63, 3.8) is 0 Å². The molecule has 100 valence electrons. The maximum absolute atomic E-state index is 12.0. The normalized spacial score (nSPS) is 10.3. The minimum absolute atomic E-state index is 0.188. The Morgan fingerprint density at radius 3 is 3.05 bits per heavy atom. The van der Waals surface area contributed by atoms with Crippen molar-refractivity contribution >= 4 is 23.5 Å². The van der Waals surface area contributed by atoms with E-state index in [4.69, 9.17) is 16.3 Å². The monoisotopic (exact) mass is 280 g/mol. The van der Waals surface area contributed by atoms with Crippen LogP contribution in [-0.4, -0.2) is 27.7 Å². The van der Waals surface area contributed by atoms with Gasteiger partial charge in [0, 0.05) is 0 Å². The Morgan fingerprint density at radius 1 is 1.53 bits per heavy atom. The second-order valence-corrected chi connectivity index (χ2v) is 4.17. The molecule has 2 aromatic rings. The zero-order chi connectivity index (χ0) is 13.8. The van der Waals surface area contributed by atoms with Crippen molar-refractivity contribution < 1.29 is 9.53 Å². The van der Waals surface area contributed by atoms with Crippen LogP contribution in [0, 0.1) is 6.92 Å². The molecule has 0 aliphatic rings. The van der Waals surface area contributed by atoms with Crippen molar-refractivity contribution in [2.24, 2.45) is 0 Å². The van der Waals surface area contributed by atoms with Gasteiger partial charge in [-0.1, -0.05) is 23.7 Å². The third-order valence-electron chi connectivity index (χ3n) is 2.41. The van der Waals surface area contributed by atoms with E-state index in [-0.39, 0.29) is 17.9 Å². The van der Waals surface area contributed by atoms with Crippen LogP contribution in [0.15, 0.2) is 18.2 Å². The van der Waals surface area contributed by atoms with E-state index in [1.54, 1.807) is 12.1 Å². The van der Waals surface area contributed by atoms with E-state index in [1.807, 2.05) is 19.9 Å². The zero-order valence-electron chi connectivity index (χ0n) is 10.5. The first kappa shape index (κ1) is 13.4. The number of aromatic amines is 1. The molecule has 7 heteroatoms. The molecule has 1 heterocycles. The molecule has 0 unspecified atom stereocenters. The van der Waals surface area contributed by atoms with Gasteiger partial charge in [0.05, 0.1) is 17.2 Å². The number of rotatable bonds is 4. The summed E-state index contributed by atoms with van der Waals surface area (Å²) in [6, 6.07) is 5.43. The lowest BCUT2D eigenvalue weighted by Gasteiger charge is -2.05. The third-order valence-corrected chi connectivity index (χ3v) is 2.91. The third kappa shape index (κ3) is 3.03. The predicted octanol–water partition coefficient (Wildman–Crippen LogP) is 2.42. The van der Waals surface area contributed by atoms with Gasteiger partial charge in [0.1, 0.15) is 0 Å². The average molecular weight is 281 g/mol. The number of carbonyl (C=O) groups excluding carboxylic acids is 1. The largest absolute Gasteiger partial charge is 0.463 e. The molecule has 2 N–H and O–H groups in total. The molecule has 0 atom stereocenters.